The van der Waals surface area contributed by atoms with Crippen LogP contribution in [0.3, 0.4) is 0 Å². The molecule has 1 aromatic rings. The number of aryl methyl sites for hydroxylation is 1. The summed E-state index contributed by atoms with van der Waals surface area (Å²) in [5.74, 6) is 1.70. The van der Waals surface area contributed by atoms with Crippen molar-refractivity contribution >= 4 is 5.95 Å². The van der Waals surface area contributed by atoms with Gasteiger partial charge in [-0.2, -0.15) is 0 Å². The second kappa shape index (κ2) is 6.72. The first-order valence-corrected chi connectivity index (χ1v) is 7.30. The Morgan fingerprint density at radius 3 is 2.67 bits per heavy atom. The summed E-state index contributed by atoms with van der Waals surface area (Å²) >= 11 is 0. The average molecular weight is 247 g/mol. The van der Waals surface area contributed by atoms with Crippen LogP contribution in [-0.4, -0.2) is 16.0 Å². The van der Waals surface area contributed by atoms with Gasteiger partial charge in [-0.05, 0) is 31.7 Å². The maximum Gasteiger partial charge on any atom is 0.223 e. The van der Waals surface area contributed by atoms with Gasteiger partial charge in [-0.3, -0.25) is 0 Å². The Bertz CT molecular complexity index is 365. The lowest BCUT2D eigenvalue weighted by atomic mass is 9.99. The number of aromatic nitrogens is 2. The van der Waals surface area contributed by atoms with E-state index in [9.17, 15) is 0 Å². The van der Waals surface area contributed by atoms with Crippen LogP contribution in [-0.2, 0) is 0 Å². The molecule has 2 atom stereocenters. The molecule has 3 heteroatoms. The van der Waals surface area contributed by atoms with Crippen molar-refractivity contribution in [3.05, 3.63) is 18.0 Å². The summed E-state index contributed by atoms with van der Waals surface area (Å²) in [7, 11) is 0. The lowest BCUT2D eigenvalue weighted by molar-refractivity contribution is 0.463. The first-order chi connectivity index (χ1) is 8.74. The number of nitrogens with zero attached hydrogens (tertiary/aromatic N) is 2. The highest BCUT2D eigenvalue weighted by molar-refractivity contribution is 5.26. The third kappa shape index (κ3) is 4.28. The van der Waals surface area contributed by atoms with E-state index in [-0.39, 0.29) is 0 Å². The van der Waals surface area contributed by atoms with Crippen molar-refractivity contribution in [3.8, 4) is 0 Å². The largest absolute Gasteiger partial charge is 0.351 e. The van der Waals surface area contributed by atoms with Gasteiger partial charge in [0.25, 0.3) is 0 Å². The van der Waals surface area contributed by atoms with Crippen molar-refractivity contribution in [2.24, 2.45) is 5.92 Å². The summed E-state index contributed by atoms with van der Waals surface area (Å²) in [6.45, 7) is 4.40. The molecule has 1 aliphatic carbocycles. The second-order valence-electron chi connectivity index (χ2n) is 5.68. The van der Waals surface area contributed by atoms with E-state index in [1.807, 2.05) is 19.2 Å². The molecule has 0 aromatic carbocycles. The summed E-state index contributed by atoms with van der Waals surface area (Å²) in [6.07, 6.45) is 11.1. The van der Waals surface area contributed by atoms with Crippen molar-refractivity contribution < 1.29 is 0 Å². The number of rotatable bonds is 2. The monoisotopic (exact) mass is 247 g/mol. The first-order valence-electron chi connectivity index (χ1n) is 7.30. The molecule has 3 nitrogen and oxygen atoms in total. The Morgan fingerprint density at radius 1 is 1.11 bits per heavy atom. The van der Waals surface area contributed by atoms with Crippen LogP contribution in [0.1, 0.15) is 57.6 Å². The Morgan fingerprint density at radius 2 is 1.83 bits per heavy atom. The van der Waals surface area contributed by atoms with E-state index in [1.54, 1.807) is 0 Å². The molecule has 0 bridgehead atoms. The number of hydrogen-bond donors (Lipinski definition) is 1. The van der Waals surface area contributed by atoms with Gasteiger partial charge in [0.2, 0.25) is 5.95 Å². The summed E-state index contributed by atoms with van der Waals surface area (Å²) < 4.78 is 0. The van der Waals surface area contributed by atoms with E-state index in [4.69, 9.17) is 0 Å². The molecular weight excluding hydrogens is 222 g/mol. The number of nitrogens with one attached hydrogen (secondary N) is 1. The molecule has 0 spiro atoms. The van der Waals surface area contributed by atoms with Crippen molar-refractivity contribution in [1.29, 1.82) is 0 Å². The highest BCUT2D eigenvalue weighted by Gasteiger charge is 2.13. The predicted octanol–water partition coefficient (Wildman–Crippen LogP) is 3.95. The minimum atomic E-state index is 0.553. The zero-order valence-corrected chi connectivity index (χ0v) is 11.7. The van der Waals surface area contributed by atoms with Crippen LogP contribution < -0.4 is 5.32 Å². The van der Waals surface area contributed by atoms with Gasteiger partial charge in [-0.1, -0.05) is 39.0 Å². The van der Waals surface area contributed by atoms with E-state index < -0.39 is 0 Å². The van der Waals surface area contributed by atoms with Gasteiger partial charge < -0.3 is 5.32 Å². The Balaban J connectivity index is 1.90. The zero-order valence-electron chi connectivity index (χ0n) is 11.7. The molecule has 2 unspecified atom stereocenters. The maximum atomic E-state index is 4.44. The fourth-order valence-electron chi connectivity index (χ4n) is 2.73. The summed E-state index contributed by atoms with van der Waals surface area (Å²) in [5, 5.41) is 3.51. The van der Waals surface area contributed by atoms with Crippen LogP contribution >= 0.6 is 0 Å². The van der Waals surface area contributed by atoms with Crippen molar-refractivity contribution in [2.75, 3.05) is 5.32 Å². The molecule has 1 heterocycles. The molecule has 1 aromatic heterocycles. The summed E-state index contributed by atoms with van der Waals surface area (Å²) in [6, 6.07) is 2.49. The van der Waals surface area contributed by atoms with Gasteiger partial charge in [-0.15, -0.1) is 0 Å². The van der Waals surface area contributed by atoms with E-state index >= 15 is 0 Å². The van der Waals surface area contributed by atoms with Gasteiger partial charge in [0.1, 0.15) is 0 Å². The molecule has 0 aliphatic heterocycles. The smallest absolute Gasteiger partial charge is 0.223 e. The van der Waals surface area contributed by atoms with E-state index in [1.165, 1.54) is 44.9 Å². The fourth-order valence-corrected chi connectivity index (χ4v) is 2.73. The lowest BCUT2D eigenvalue weighted by Gasteiger charge is -2.17. The van der Waals surface area contributed by atoms with Gasteiger partial charge in [0.05, 0.1) is 0 Å². The molecule has 0 saturated heterocycles. The topological polar surface area (TPSA) is 37.8 Å². The lowest BCUT2D eigenvalue weighted by Crippen LogP contribution is -2.21. The first kappa shape index (κ1) is 13.3. The molecule has 2 rings (SSSR count). The molecule has 1 saturated carbocycles. The Hall–Kier alpha value is -1.12. The van der Waals surface area contributed by atoms with Crippen molar-refractivity contribution in [2.45, 2.75) is 64.8 Å². The quantitative estimate of drug-likeness (QED) is 0.860. The molecule has 0 amide bonds. The van der Waals surface area contributed by atoms with Crippen LogP contribution in [0.2, 0.25) is 0 Å². The van der Waals surface area contributed by atoms with E-state index in [0.717, 1.165) is 17.6 Å². The predicted molar refractivity (Wildman–Crippen MR) is 75.7 cm³/mol. The SMILES string of the molecule is Cc1ccnc(NC2CCCCC(C)CCC2)n1. The Kier molecular flexibility index (Phi) is 4.97. The minimum absolute atomic E-state index is 0.553. The number of hydrogen-bond acceptors (Lipinski definition) is 3. The third-order valence-corrected chi connectivity index (χ3v) is 3.88. The average Bonchev–Trinajstić information content (AvgIpc) is 2.42. The minimum Gasteiger partial charge on any atom is -0.351 e. The molecule has 1 fully saturated rings. The highest BCUT2D eigenvalue weighted by atomic mass is 15.1. The standard InChI is InChI=1S/C15H25N3/c1-12-6-3-4-8-14(9-5-7-12)18-15-16-11-10-13(2)17-15/h10-12,14H,3-9H2,1-2H3,(H,16,17,18). The summed E-state index contributed by atoms with van der Waals surface area (Å²) in [5.41, 5.74) is 1.03. The molecule has 0 radical (unpaired) electrons. The van der Waals surface area contributed by atoms with E-state index in [0.29, 0.717) is 6.04 Å². The highest BCUT2D eigenvalue weighted by Crippen LogP contribution is 2.22. The third-order valence-electron chi connectivity index (χ3n) is 3.88. The van der Waals surface area contributed by atoms with Gasteiger partial charge in [0, 0.05) is 17.9 Å². The molecule has 1 N–H and O–H groups in total. The van der Waals surface area contributed by atoms with Crippen molar-refractivity contribution in [3.63, 3.8) is 0 Å². The van der Waals surface area contributed by atoms with E-state index in [2.05, 4.69) is 22.2 Å². The fraction of sp³-hybridized carbons (Fsp3) is 0.733. The van der Waals surface area contributed by atoms with Crippen LogP contribution in [0.5, 0.6) is 0 Å². The number of anilines is 1. The normalized spacial score (nSPS) is 25.9. The van der Waals surface area contributed by atoms with Gasteiger partial charge in [-0.25, -0.2) is 9.97 Å². The zero-order chi connectivity index (χ0) is 12.8. The molecule has 1 aliphatic rings. The Labute approximate surface area is 110 Å². The van der Waals surface area contributed by atoms with Crippen LogP contribution in [0.25, 0.3) is 0 Å². The molecular formula is C15H25N3. The van der Waals surface area contributed by atoms with Crippen LogP contribution in [0.15, 0.2) is 12.3 Å². The van der Waals surface area contributed by atoms with Gasteiger partial charge >= 0.3 is 0 Å². The van der Waals surface area contributed by atoms with Crippen LogP contribution in [0, 0.1) is 12.8 Å². The summed E-state index contributed by atoms with van der Waals surface area (Å²) in [4.78, 5) is 8.74. The molecule has 18 heavy (non-hydrogen) atoms. The van der Waals surface area contributed by atoms with Crippen LogP contribution in [0.4, 0.5) is 5.95 Å². The van der Waals surface area contributed by atoms with Gasteiger partial charge in [0.15, 0.2) is 0 Å². The maximum absolute atomic E-state index is 4.44. The molecule has 100 valence electrons. The van der Waals surface area contributed by atoms with Crippen molar-refractivity contribution in [1.82, 2.24) is 9.97 Å². The second-order valence-corrected chi connectivity index (χ2v) is 5.68.